The number of likely N-dealkylation sites (tertiary alicyclic amines) is 1. The lowest BCUT2D eigenvalue weighted by Gasteiger charge is -2.36. The molecular formula is C15H18N2O7S. The number of hydrogen-bond acceptors (Lipinski definition) is 6. The van der Waals surface area contributed by atoms with E-state index in [0.29, 0.717) is 6.42 Å². The molecule has 1 saturated heterocycles. The molecule has 2 rings (SSSR count). The molecule has 0 aliphatic carbocycles. The molecule has 2 unspecified atom stereocenters. The normalized spacial score (nSPS) is 21.0. The van der Waals surface area contributed by atoms with Gasteiger partial charge in [0.2, 0.25) is 0 Å². The first kappa shape index (κ1) is 18.8. The molecule has 0 aromatic heterocycles. The number of aliphatic carboxylic acids is 1. The van der Waals surface area contributed by atoms with Crippen molar-refractivity contribution < 1.29 is 28.0 Å². The van der Waals surface area contributed by atoms with Crippen LogP contribution in [-0.4, -0.2) is 54.1 Å². The Labute approximate surface area is 144 Å². The molecule has 1 N–H and O–H groups in total. The third kappa shape index (κ3) is 4.13. The smallest absolute Gasteiger partial charge is 0.326 e. The van der Waals surface area contributed by atoms with Gasteiger partial charge in [-0.3, -0.25) is 14.9 Å². The number of amides is 1. The Morgan fingerprint density at radius 3 is 2.48 bits per heavy atom. The molecule has 1 heterocycles. The number of nitro benzene ring substituents is 1. The van der Waals surface area contributed by atoms with Crippen LogP contribution in [0.5, 0.6) is 0 Å². The van der Waals surface area contributed by atoms with E-state index in [0.717, 1.165) is 29.4 Å². The van der Waals surface area contributed by atoms with Crippen molar-refractivity contribution in [2.75, 3.05) is 12.8 Å². The van der Waals surface area contributed by atoms with E-state index in [1.165, 1.54) is 0 Å². The molecule has 0 radical (unpaired) electrons. The fraction of sp³-hybridized carbons (Fsp3) is 0.467. The number of benzene rings is 1. The number of carboxylic acids is 1. The van der Waals surface area contributed by atoms with E-state index < -0.39 is 38.4 Å². The molecule has 1 aromatic rings. The molecule has 136 valence electrons. The fourth-order valence-electron chi connectivity index (χ4n) is 2.81. The largest absolute Gasteiger partial charge is 0.480 e. The van der Waals surface area contributed by atoms with Crippen molar-refractivity contribution >= 4 is 27.4 Å². The molecule has 0 bridgehead atoms. The number of hydrogen-bond donors (Lipinski definition) is 1. The summed E-state index contributed by atoms with van der Waals surface area (Å²) in [7, 11) is -3.78. The molecule has 1 aromatic carbocycles. The summed E-state index contributed by atoms with van der Waals surface area (Å²) in [6, 6.07) is 1.84. The van der Waals surface area contributed by atoms with Crippen LogP contribution in [0, 0.1) is 16.0 Å². The highest BCUT2D eigenvalue weighted by atomic mass is 32.2. The summed E-state index contributed by atoms with van der Waals surface area (Å²) >= 11 is 0. The van der Waals surface area contributed by atoms with Gasteiger partial charge in [-0.2, -0.15) is 0 Å². The number of rotatable bonds is 4. The lowest BCUT2D eigenvalue weighted by Crippen LogP contribution is -2.49. The number of non-ortho nitro benzene ring substituents is 1. The second kappa shape index (κ2) is 6.79. The SMILES string of the molecule is CC1CCN(C(=O)c2cc([N+](=O)[O-])cc(S(C)(=O)=O)c2)C(C(=O)O)C1. The second-order valence-corrected chi connectivity index (χ2v) is 8.24. The Balaban J connectivity index is 2.49. The van der Waals surface area contributed by atoms with Crippen molar-refractivity contribution in [1.82, 2.24) is 4.90 Å². The third-order valence-corrected chi connectivity index (χ3v) is 5.28. The maximum Gasteiger partial charge on any atom is 0.326 e. The Bertz CT molecular complexity index is 834. The number of carbonyl (C=O) groups excluding carboxylic acids is 1. The standard InChI is InChI=1S/C15H18N2O7S/c1-9-3-4-16(13(5-9)15(19)20)14(18)10-6-11(17(21)22)8-12(7-10)25(2,23)24/h6-9,13H,3-5H2,1-2H3,(H,19,20). The summed E-state index contributed by atoms with van der Waals surface area (Å²) in [6.07, 6.45) is 1.75. The molecule has 0 saturated carbocycles. The van der Waals surface area contributed by atoms with Crippen LogP contribution in [0.1, 0.15) is 30.1 Å². The minimum Gasteiger partial charge on any atom is -0.480 e. The van der Waals surface area contributed by atoms with Gasteiger partial charge >= 0.3 is 5.97 Å². The predicted octanol–water partition coefficient (Wildman–Crippen LogP) is 1.32. The molecule has 1 aliphatic rings. The number of nitrogens with zero attached hydrogens (tertiary/aromatic N) is 2. The van der Waals surface area contributed by atoms with E-state index in [4.69, 9.17) is 0 Å². The highest BCUT2D eigenvalue weighted by Gasteiger charge is 2.35. The molecule has 10 heteroatoms. The lowest BCUT2D eigenvalue weighted by atomic mass is 9.92. The molecule has 1 fully saturated rings. The number of sulfone groups is 1. The maximum atomic E-state index is 12.7. The zero-order chi connectivity index (χ0) is 18.9. The first-order chi connectivity index (χ1) is 11.5. The van der Waals surface area contributed by atoms with E-state index in [9.17, 15) is 33.2 Å². The van der Waals surface area contributed by atoms with Gasteiger partial charge in [0, 0.05) is 30.5 Å². The summed E-state index contributed by atoms with van der Waals surface area (Å²) in [4.78, 5) is 35.2. The number of carbonyl (C=O) groups is 2. The van der Waals surface area contributed by atoms with Crippen LogP contribution in [0.3, 0.4) is 0 Å². The zero-order valence-electron chi connectivity index (χ0n) is 13.7. The van der Waals surface area contributed by atoms with Gasteiger partial charge in [-0.1, -0.05) is 6.92 Å². The van der Waals surface area contributed by atoms with Crippen LogP contribution in [-0.2, 0) is 14.6 Å². The van der Waals surface area contributed by atoms with Crippen LogP contribution in [0.2, 0.25) is 0 Å². The van der Waals surface area contributed by atoms with Gasteiger partial charge < -0.3 is 10.0 Å². The van der Waals surface area contributed by atoms with Crippen molar-refractivity contribution in [3.8, 4) is 0 Å². The highest BCUT2D eigenvalue weighted by molar-refractivity contribution is 7.90. The zero-order valence-corrected chi connectivity index (χ0v) is 14.5. The molecule has 1 aliphatic heterocycles. The van der Waals surface area contributed by atoms with Gasteiger partial charge in [0.05, 0.1) is 9.82 Å². The summed E-state index contributed by atoms with van der Waals surface area (Å²) in [5.74, 6) is -1.76. The quantitative estimate of drug-likeness (QED) is 0.624. The third-order valence-electron chi connectivity index (χ3n) is 4.19. The van der Waals surface area contributed by atoms with Crippen LogP contribution < -0.4 is 0 Å². The Kier molecular flexibility index (Phi) is 5.12. The van der Waals surface area contributed by atoms with Gasteiger partial charge in [-0.05, 0) is 24.8 Å². The summed E-state index contributed by atoms with van der Waals surface area (Å²) in [5, 5.41) is 20.4. The van der Waals surface area contributed by atoms with Gasteiger partial charge in [0.15, 0.2) is 9.84 Å². The van der Waals surface area contributed by atoms with Gasteiger partial charge in [-0.15, -0.1) is 0 Å². The van der Waals surface area contributed by atoms with E-state index in [1.54, 1.807) is 0 Å². The molecule has 0 spiro atoms. The van der Waals surface area contributed by atoms with Crippen molar-refractivity contribution in [3.63, 3.8) is 0 Å². The maximum absolute atomic E-state index is 12.7. The van der Waals surface area contributed by atoms with Gasteiger partial charge in [0.1, 0.15) is 6.04 Å². The van der Waals surface area contributed by atoms with Gasteiger partial charge in [-0.25, -0.2) is 13.2 Å². The first-order valence-electron chi connectivity index (χ1n) is 7.54. The monoisotopic (exact) mass is 370 g/mol. The van der Waals surface area contributed by atoms with Gasteiger partial charge in [0.25, 0.3) is 11.6 Å². The number of piperidine rings is 1. The van der Waals surface area contributed by atoms with Crippen LogP contribution >= 0.6 is 0 Å². The lowest BCUT2D eigenvalue weighted by molar-refractivity contribution is -0.385. The summed E-state index contributed by atoms with van der Waals surface area (Å²) in [6.45, 7) is 2.07. The van der Waals surface area contributed by atoms with Crippen LogP contribution in [0.25, 0.3) is 0 Å². The van der Waals surface area contributed by atoms with Crippen molar-refractivity contribution in [1.29, 1.82) is 0 Å². The minimum absolute atomic E-state index is 0.127. The Hall–Kier alpha value is -2.49. The fourth-order valence-corrected chi connectivity index (χ4v) is 3.49. The Morgan fingerprint density at radius 2 is 1.96 bits per heavy atom. The average Bonchev–Trinajstić information content (AvgIpc) is 2.52. The minimum atomic E-state index is -3.78. The second-order valence-electron chi connectivity index (χ2n) is 6.23. The van der Waals surface area contributed by atoms with Crippen LogP contribution in [0.4, 0.5) is 5.69 Å². The molecule has 9 nitrogen and oxygen atoms in total. The summed E-state index contributed by atoms with van der Waals surface area (Å²) in [5.41, 5.74) is -0.751. The molecular weight excluding hydrogens is 352 g/mol. The predicted molar refractivity (Wildman–Crippen MR) is 87.1 cm³/mol. The highest BCUT2D eigenvalue weighted by Crippen LogP contribution is 2.27. The number of nitro groups is 1. The topological polar surface area (TPSA) is 135 Å². The van der Waals surface area contributed by atoms with E-state index in [1.807, 2.05) is 6.92 Å². The number of carboxylic acid groups (broad SMARTS) is 1. The Morgan fingerprint density at radius 1 is 1.32 bits per heavy atom. The molecule has 25 heavy (non-hydrogen) atoms. The summed E-state index contributed by atoms with van der Waals surface area (Å²) < 4.78 is 23.5. The molecule has 2 atom stereocenters. The van der Waals surface area contributed by atoms with Crippen molar-refractivity contribution in [3.05, 3.63) is 33.9 Å². The van der Waals surface area contributed by atoms with Crippen molar-refractivity contribution in [2.45, 2.75) is 30.7 Å². The van der Waals surface area contributed by atoms with E-state index in [2.05, 4.69) is 0 Å². The van der Waals surface area contributed by atoms with Crippen molar-refractivity contribution in [2.24, 2.45) is 5.92 Å². The van der Waals surface area contributed by atoms with E-state index in [-0.39, 0.29) is 29.3 Å². The average molecular weight is 370 g/mol. The van der Waals surface area contributed by atoms with E-state index >= 15 is 0 Å². The first-order valence-corrected chi connectivity index (χ1v) is 9.43. The molecule has 1 amide bonds. The van der Waals surface area contributed by atoms with Crippen LogP contribution in [0.15, 0.2) is 23.1 Å².